The van der Waals surface area contributed by atoms with E-state index >= 15 is 0 Å². The van der Waals surface area contributed by atoms with Crippen LogP contribution in [0.2, 0.25) is 0 Å². The second-order valence-corrected chi connectivity index (χ2v) is 9.71. The highest BCUT2D eigenvalue weighted by molar-refractivity contribution is 5.79. The summed E-state index contributed by atoms with van der Waals surface area (Å²) >= 11 is 0. The molecule has 1 aliphatic heterocycles. The van der Waals surface area contributed by atoms with E-state index in [1.54, 1.807) is 12.1 Å². The van der Waals surface area contributed by atoms with E-state index in [-0.39, 0.29) is 22.7 Å². The number of hydrogen-bond acceptors (Lipinski definition) is 2. The van der Waals surface area contributed by atoms with Gasteiger partial charge in [-0.15, -0.1) is 0 Å². The number of rotatable bonds is 3. The van der Waals surface area contributed by atoms with Gasteiger partial charge >= 0.3 is 0 Å². The molecule has 3 nitrogen and oxygen atoms in total. The molecule has 1 amide bonds. The fourth-order valence-corrected chi connectivity index (χ4v) is 6.89. The number of benzene rings is 1. The molecule has 1 saturated heterocycles. The zero-order valence-electron chi connectivity index (χ0n) is 15.7. The number of halogens is 1. The summed E-state index contributed by atoms with van der Waals surface area (Å²) in [5, 5.41) is 0. The first-order valence-electron chi connectivity index (χ1n) is 10.0. The quantitative estimate of drug-likeness (QED) is 0.815. The summed E-state index contributed by atoms with van der Waals surface area (Å²) in [5.41, 5.74) is 0.834. The van der Waals surface area contributed by atoms with Crippen LogP contribution in [0.15, 0.2) is 24.3 Å². The Balaban J connectivity index is 1.53. The van der Waals surface area contributed by atoms with Crippen molar-refractivity contribution in [2.45, 2.75) is 56.9 Å². The number of nitrogens with zero attached hydrogens (tertiary/aromatic N) is 1. The van der Waals surface area contributed by atoms with Crippen LogP contribution in [-0.4, -0.2) is 29.7 Å². The monoisotopic (exact) mass is 357 g/mol. The third-order valence-electron chi connectivity index (χ3n) is 7.92. The molecule has 140 valence electrons. The topological polar surface area (TPSA) is 29.5 Å². The first-order chi connectivity index (χ1) is 12.4. The molecule has 1 aromatic carbocycles. The minimum atomic E-state index is -0.239. The largest absolute Gasteiger partial charge is 0.359 e. The lowest BCUT2D eigenvalue weighted by molar-refractivity contribution is -0.138. The van der Waals surface area contributed by atoms with Crippen molar-refractivity contribution in [3.8, 4) is 0 Å². The van der Waals surface area contributed by atoms with Crippen LogP contribution >= 0.6 is 0 Å². The van der Waals surface area contributed by atoms with Gasteiger partial charge < -0.3 is 9.64 Å². The number of ether oxygens (including phenoxy) is 1. The zero-order valence-corrected chi connectivity index (χ0v) is 15.7. The Morgan fingerprint density at radius 3 is 2.62 bits per heavy atom. The van der Waals surface area contributed by atoms with Crippen molar-refractivity contribution in [3.05, 3.63) is 35.6 Å². The summed E-state index contributed by atoms with van der Waals surface area (Å²) in [6, 6.07) is 7.04. The van der Waals surface area contributed by atoms with Gasteiger partial charge in [0, 0.05) is 11.8 Å². The van der Waals surface area contributed by atoms with Crippen LogP contribution in [0.1, 0.15) is 51.5 Å². The number of hydrogen-bond donors (Lipinski definition) is 0. The molecule has 1 heterocycles. The van der Waals surface area contributed by atoms with E-state index in [0.717, 1.165) is 11.8 Å². The van der Waals surface area contributed by atoms with E-state index in [9.17, 15) is 9.18 Å². The van der Waals surface area contributed by atoms with Gasteiger partial charge in [0.25, 0.3) is 0 Å². The average Bonchev–Trinajstić information content (AvgIpc) is 3.17. The van der Waals surface area contributed by atoms with Gasteiger partial charge in [-0.05, 0) is 80.9 Å². The third kappa shape index (κ3) is 2.24. The Morgan fingerprint density at radius 1 is 1.19 bits per heavy atom. The summed E-state index contributed by atoms with van der Waals surface area (Å²) in [6.07, 6.45) is 5.59. The Hall–Kier alpha value is -1.42. The summed E-state index contributed by atoms with van der Waals surface area (Å²) < 4.78 is 19.2. The fourth-order valence-electron chi connectivity index (χ4n) is 6.89. The second-order valence-electron chi connectivity index (χ2n) is 9.71. The highest BCUT2D eigenvalue weighted by Crippen LogP contribution is 2.68. The first-order valence-corrected chi connectivity index (χ1v) is 10.0. The van der Waals surface area contributed by atoms with Crippen molar-refractivity contribution in [1.29, 1.82) is 0 Å². The van der Waals surface area contributed by atoms with Gasteiger partial charge in [-0.2, -0.15) is 0 Å². The van der Waals surface area contributed by atoms with Crippen LogP contribution < -0.4 is 0 Å². The van der Waals surface area contributed by atoms with Gasteiger partial charge in [-0.3, -0.25) is 4.79 Å². The van der Waals surface area contributed by atoms with Crippen LogP contribution in [0, 0.1) is 29.5 Å². The van der Waals surface area contributed by atoms with Crippen LogP contribution in [0.4, 0.5) is 4.39 Å². The zero-order chi connectivity index (χ0) is 18.1. The van der Waals surface area contributed by atoms with Crippen LogP contribution in [0.5, 0.6) is 0 Å². The molecule has 5 unspecified atom stereocenters. The molecule has 0 spiro atoms. The maximum Gasteiger partial charge on any atom is 0.225 e. The second kappa shape index (κ2) is 5.54. The third-order valence-corrected chi connectivity index (χ3v) is 7.92. The Labute approximate surface area is 154 Å². The highest BCUT2D eigenvalue weighted by Gasteiger charge is 2.63. The standard InChI is InChI=1S/C22H28FNO2/c1-21(2)12-26-13-24(21)20(25)11-22(16-3-5-18(23)6-4-16)17-8-14-7-15(10-17)19(22)9-14/h3-6,14-15,17,19H,7-13H2,1-2H3. The van der Waals surface area contributed by atoms with Gasteiger partial charge in [0.15, 0.2) is 0 Å². The number of amides is 1. The molecule has 4 saturated carbocycles. The van der Waals surface area contributed by atoms with Crippen LogP contribution in [0.25, 0.3) is 0 Å². The van der Waals surface area contributed by atoms with Gasteiger partial charge in [-0.25, -0.2) is 4.39 Å². The van der Waals surface area contributed by atoms with E-state index in [1.807, 2.05) is 17.0 Å². The molecular weight excluding hydrogens is 329 g/mol. The van der Waals surface area contributed by atoms with Crippen molar-refractivity contribution in [1.82, 2.24) is 4.90 Å². The molecule has 6 rings (SSSR count). The number of carbonyl (C=O) groups excluding carboxylic acids is 1. The van der Waals surface area contributed by atoms with Crippen molar-refractivity contribution in [3.63, 3.8) is 0 Å². The SMILES string of the molecule is CC1(C)COCN1C(=O)CC1(c2ccc(F)cc2)C2CC3CC(C2)C1C3. The summed E-state index contributed by atoms with van der Waals surface area (Å²) in [6.45, 7) is 5.15. The number of carbonyl (C=O) groups is 1. The minimum Gasteiger partial charge on any atom is -0.359 e. The summed E-state index contributed by atoms with van der Waals surface area (Å²) in [4.78, 5) is 15.3. The predicted octanol–water partition coefficient (Wildman–Crippen LogP) is 4.11. The van der Waals surface area contributed by atoms with Gasteiger partial charge in [0.05, 0.1) is 12.1 Å². The van der Waals surface area contributed by atoms with Crippen molar-refractivity contribution in [2.24, 2.45) is 23.7 Å². The van der Waals surface area contributed by atoms with E-state index < -0.39 is 0 Å². The highest BCUT2D eigenvalue weighted by atomic mass is 19.1. The maximum atomic E-state index is 13.6. The Morgan fingerprint density at radius 2 is 1.96 bits per heavy atom. The molecule has 5 aliphatic rings. The Bertz CT molecular complexity index is 726. The minimum absolute atomic E-state index is 0.110. The molecule has 5 fully saturated rings. The summed E-state index contributed by atoms with van der Waals surface area (Å²) in [5.74, 6) is 2.74. The van der Waals surface area contributed by atoms with Crippen LogP contribution in [0.3, 0.4) is 0 Å². The molecule has 4 heteroatoms. The molecule has 0 aromatic heterocycles. The molecular formula is C22H28FNO2. The predicted molar refractivity (Wildman–Crippen MR) is 96.9 cm³/mol. The summed E-state index contributed by atoms with van der Waals surface area (Å²) in [7, 11) is 0. The Kier molecular flexibility index (Phi) is 3.57. The fraction of sp³-hybridized carbons (Fsp3) is 0.682. The van der Waals surface area contributed by atoms with E-state index in [2.05, 4.69) is 13.8 Å². The first kappa shape index (κ1) is 16.7. The van der Waals surface area contributed by atoms with Crippen LogP contribution in [-0.2, 0) is 14.9 Å². The smallest absolute Gasteiger partial charge is 0.225 e. The van der Waals surface area contributed by atoms with Gasteiger partial charge in [-0.1, -0.05) is 12.1 Å². The van der Waals surface area contributed by atoms with E-state index in [4.69, 9.17) is 4.74 Å². The molecule has 0 radical (unpaired) electrons. The van der Waals surface area contributed by atoms with E-state index in [1.165, 1.54) is 31.2 Å². The molecule has 5 atom stereocenters. The van der Waals surface area contributed by atoms with Gasteiger partial charge in [0.1, 0.15) is 12.5 Å². The lowest BCUT2D eigenvalue weighted by Crippen LogP contribution is -2.50. The van der Waals surface area contributed by atoms with Crippen molar-refractivity contribution >= 4 is 5.91 Å². The molecule has 0 N–H and O–H groups in total. The maximum absolute atomic E-state index is 13.6. The van der Waals surface area contributed by atoms with Gasteiger partial charge in [0.2, 0.25) is 5.91 Å². The molecule has 1 aromatic rings. The molecule has 26 heavy (non-hydrogen) atoms. The van der Waals surface area contributed by atoms with Crippen molar-refractivity contribution < 1.29 is 13.9 Å². The average molecular weight is 357 g/mol. The van der Waals surface area contributed by atoms with E-state index in [0.29, 0.717) is 31.6 Å². The lowest BCUT2D eigenvalue weighted by atomic mass is 9.59. The van der Waals surface area contributed by atoms with Crippen molar-refractivity contribution in [2.75, 3.05) is 13.3 Å². The molecule has 4 aliphatic carbocycles. The lowest BCUT2D eigenvalue weighted by Gasteiger charge is -2.46. The normalized spacial score (nSPS) is 39.7. The molecule has 4 bridgehead atoms.